The van der Waals surface area contributed by atoms with Crippen LogP contribution in [0.25, 0.3) is 11.0 Å². The van der Waals surface area contributed by atoms with Gasteiger partial charge in [0.05, 0.1) is 17.5 Å². The van der Waals surface area contributed by atoms with Gasteiger partial charge in [0.25, 0.3) is 0 Å². The summed E-state index contributed by atoms with van der Waals surface area (Å²) in [5.41, 5.74) is 7.93. The van der Waals surface area contributed by atoms with Crippen molar-refractivity contribution in [3.8, 4) is 0 Å². The Balaban J connectivity index is 0.00000128. The molecule has 0 radical (unpaired) electrons. The van der Waals surface area contributed by atoms with Gasteiger partial charge in [-0.1, -0.05) is 0 Å². The van der Waals surface area contributed by atoms with Gasteiger partial charge < -0.3 is 15.8 Å². The van der Waals surface area contributed by atoms with E-state index in [1.165, 1.54) is 0 Å². The van der Waals surface area contributed by atoms with Gasteiger partial charge in [-0.2, -0.15) is 0 Å². The van der Waals surface area contributed by atoms with E-state index in [-0.39, 0.29) is 18.8 Å². The molecule has 0 spiro atoms. The molecule has 0 aliphatic rings. The summed E-state index contributed by atoms with van der Waals surface area (Å²) in [6.07, 6.45) is 0.485. The largest absolute Gasteiger partial charge is 0.481 e. The van der Waals surface area contributed by atoms with Crippen molar-refractivity contribution >= 4 is 35.1 Å². The van der Waals surface area contributed by atoms with Crippen LogP contribution >= 0.6 is 12.4 Å². The molecule has 0 bridgehead atoms. The number of H-pyrrole nitrogens is 1. The monoisotopic (exact) mass is 241 g/mol. The van der Waals surface area contributed by atoms with Crippen LogP contribution in [0.15, 0.2) is 18.2 Å². The number of hydrogen-bond donors (Lipinski definition) is 3. The number of aliphatic carboxylic acids is 1. The maximum absolute atomic E-state index is 10.4. The quantitative estimate of drug-likeness (QED) is 0.712. The van der Waals surface area contributed by atoms with Gasteiger partial charge >= 0.3 is 5.97 Å². The first kappa shape index (κ1) is 12.3. The van der Waals surface area contributed by atoms with Gasteiger partial charge in [0.15, 0.2) is 0 Å². The van der Waals surface area contributed by atoms with Crippen molar-refractivity contribution < 1.29 is 9.90 Å². The average Bonchev–Trinajstić information content (AvgIpc) is 2.56. The highest BCUT2D eigenvalue weighted by Crippen LogP contribution is 2.15. The smallest absolute Gasteiger partial charge is 0.303 e. The van der Waals surface area contributed by atoms with Crippen molar-refractivity contribution in [3.05, 3.63) is 24.0 Å². The number of hydrogen-bond acceptors (Lipinski definition) is 3. The van der Waals surface area contributed by atoms with E-state index >= 15 is 0 Å². The molecule has 1 aromatic carbocycles. The molecule has 86 valence electrons. The summed E-state index contributed by atoms with van der Waals surface area (Å²) in [5, 5.41) is 8.53. The highest BCUT2D eigenvalue weighted by Gasteiger charge is 2.04. The van der Waals surface area contributed by atoms with E-state index in [0.717, 1.165) is 11.0 Å². The number of nitrogens with two attached hydrogens (primary N) is 1. The van der Waals surface area contributed by atoms with E-state index in [2.05, 4.69) is 9.97 Å². The van der Waals surface area contributed by atoms with E-state index in [9.17, 15) is 4.79 Å². The summed E-state index contributed by atoms with van der Waals surface area (Å²) in [4.78, 5) is 17.7. The van der Waals surface area contributed by atoms with Gasteiger partial charge in [0, 0.05) is 12.1 Å². The lowest BCUT2D eigenvalue weighted by atomic mass is 10.3. The molecule has 6 heteroatoms. The minimum absolute atomic E-state index is 0. The second-order valence-corrected chi connectivity index (χ2v) is 3.35. The Bertz CT molecular complexity index is 510. The van der Waals surface area contributed by atoms with Gasteiger partial charge in [-0.3, -0.25) is 4.79 Å². The topological polar surface area (TPSA) is 92.0 Å². The third-order valence-corrected chi connectivity index (χ3v) is 2.13. The number of rotatable bonds is 3. The number of aromatic amines is 1. The summed E-state index contributed by atoms with van der Waals surface area (Å²) in [6.45, 7) is 0. The van der Waals surface area contributed by atoms with Crippen LogP contribution in [0.5, 0.6) is 0 Å². The molecule has 2 aromatic rings. The van der Waals surface area contributed by atoms with Crippen LogP contribution in [-0.2, 0) is 11.2 Å². The fourth-order valence-corrected chi connectivity index (χ4v) is 1.42. The maximum atomic E-state index is 10.4. The van der Waals surface area contributed by atoms with Gasteiger partial charge in [0.2, 0.25) is 0 Å². The average molecular weight is 242 g/mol. The molecule has 0 unspecified atom stereocenters. The van der Waals surface area contributed by atoms with Crippen LogP contribution in [0.1, 0.15) is 12.2 Å². The van der Waals surface area contributed by atoms with E-state index in [0.29, 0.717) is 17.9 Å². The van der Waals surface area contributed by atoms with Crippen molar-refractivity contribution in [2.45, 2.75) is 12.8 Å². The Labute approximate surface area is 98.1 Å². The zero-order valence-electron chi connectivity index (χ0n) is 8.43. The SMILES string of the molecule is Cl.Nc1ccc2nc(CCC(=O)O)[nH]c2c1. The molecule has 0 aliphatic heterocycles. The van der Waals surface area contributed by atoms with Gasteiger partial charge in [0.1, 0.15) is 5.82 Å². The number of anilines is 1. The lowest BCUT2D eigenvalue weighted by Gasteiger charge is -1.90. The molecule has 0 amide bonds. The van der Waals surface area contributed by atoms with Crippen molar-refractivity contribution in [3.63, 3.8) is 0 Å². The predicted octanol–water partition coefficient (Wildman–Crippen LogP) is 1.58. The van der Waals surface area contributed by atoms with Gasteiger partial charge in [-0.05, 0) is 18.2 Å². The van der Waals surface area contributed by atoms with Crippen LogP contribution in [0.2, 0.25) is 0 Å². The second-order valence-electron chi connectivity index (χ2n) is 3.35. The van der Waals surface area contributed by atoms with E-state index in [4.69, 9.17) is 10.8 Å². The number of fused-ring (bicyclic) bond motifs is 1. The lowest BCUT2D eigenvalue weighted by Crippen LogP contribution is -1.98. The molecule has 4 N–H and O–H groups in total. The molecule has 0 aliphatic carbocycles. The van der Waals surface area contributed by atoms with Crippen molar-refractivity contribution in [1.29, 1.82) is 0 Å². The van der Waals surface area contributed by atoms with E-state index < -0.39 is 5.97 Å². The normalized spacial score (nSPS) is 10.0. The number of imidazole rings is 1. The molecule has 5 nitrogen and oxygen atoms in total. The molecule has 16 heavy (non-hydrogen) atoms. The number of carboxylic acids is 1. The zero-order valence-corrected chi connectivity index (χ0v) is 9.25. The molecule has 1 aromatic heterocycles. The van der Waals surface area contributed by atoms with Crippen LogP contribution < -0.4 is 5.73 Å². The lowest BCUT2D eigenvalue weighted by molar-refractivity contribution is -0.137. The number of nitrogen functional groups attached to an aromatic ring is 1. The highest BCUT2D eigenvalue weighted by atomic mass is 35.5. The molecular weight excluding hydrogens is 230 g/mol. The summed E-state index contributed by atoms with van der Waals surface area (Å²) in [7, 11) is 0. The molecular formula is C10H12ClN3O2. The summed E-state index contributed by atoms with van der Waals surface area (Å²) in [5.74, 6) is -0.145. The van der Waals surface area contributed by atoms with Crippen LogP contribution in [0, 0.1) is 0 Å². The van der Waals surface area contributed by atoms with Crippen molar-refractivity contribution in [2.75, 3.05) is 5.73 Å². The number of aromatic nitrogens is 2. The molecule has 0 atom stereocenters. The zero-order chi connectivity index (χ0) is 10.8. The van der Waals surface area contributed by atoms with Crippen molar-refractivity contribution in [1.82, 2.24) is 9.97 Å². The minimum Gasteiger partial charge on any atom is -0.481 e. The molecule has 0 fully saturated rings. The fourth-order valence-electron chi connectivity index (χ4n) is 1.42. The second kappa shape index (κ2) is 4.85. The summed E-state index contributed by atoms with van der Waals surface area (Å²) in [6, 6.07) is 5.36. The van der Waals surface area contributed by atoms with E-state index in [1.807, 2.05) is 6.07 Å². The maximum Gasteiger partial charge on any atom is 0.303 e. The summed E-state index contributed by atoms with van der Waals surface area (Å²) < 4.78 is 0. The van der Waals surface area contributed by atoms with Gasteiger partial charge in [-0.25, -0.2) is 4.98 Å². The molecule has 2 rings (SSSR count). The minimum atomic E-state index is -0.824. The molecule has 1 heterocycles. The van der Waals surface area contributed by atoms with Crippen LogP contribution in [-0.4, -0.2) is 21.0 Å². The van der Waals surface area contributed by atoms with Crippen LogP contribution in [0.4, 0.5) is 5.69 Å². The number of carbonyl (C=O) groups is 1. The number of halogens is 1. The third kappa shape index (κ3) is 2.64. The highest BCUT2D eigenvalue weighted by molar-refractivity contribution is 5.85. The molecule has 0 saturated heterocycles. The number of aryl methyl sites for hydroxylation is 1. The third-order valence-electron chi connectivity index (χ3n) is 2.13. The Morgan fingerprint density at radius 2 is 2.25 bits per heavy atom. The standard InChI is InChI=1S/C10H11N3O2.ClH/c11-6-1-2-7-8(5-6)13-9(12-7)3-4-10(14)15;/h1-2,5H,3-4,11H2,(H,12,13)(H,14,15);1H. The first-order chi connectivity index (χ1) is 7.15. The van der Waals surface area contributed by atoms with E-state index in [1.54, 1.807) is 12.1 Å². The number of benzene rings is 1. The Morgan fingerprint density at radius 3 is 2.94 bits per heavy atom. The van der Waals surface area contributed by atoms with Crippen molar-refractivity contribution in [2.24, 2.45) is 0 Å². The number of nitrogens with zero attached hydrogens (tertiary/aromatic N) is 1. The first-order valence-electron chi connectivity index (χ1n) is 4.61. The van der Waals surface area contributed by atoms with Gasteiger partial charge in [-0.15, -0.1) is 12.4 Å². The Kier molecular flexibility index (Phi) is 3.73. The Hall–Kier alpha value is -1.75. The predicted molar refractivity (Wildman–Crippen MR) is 63.7 cm³/mol. The summed E-state index contributed by atoms with van der Waals surface area (Å²) >= 11 is 0. The molecule has 0 saturated carbocycles. The first-order valence-corrected chi connectivity index (χ1v) is 4.61. The number of carboxylic acid groups (broad SMARTS) is 1. The Morgan fingerprint density at radius 1 is 1.50 bits per heavy atom. The number of nitrogens with one attached hydrogen (secondary N) is 1. The van der Waals surface area contributed by atoms with Crippen LogP contribution in [0.3, 0.4) is 0 Å². The fraction of sp³-hybridized carbons (Fsp3) is 0.200.